The molecule has 0 spiro atoms. The summed E-state index contributed by atoms with van der Waals surface area (Å²) in [6, 6.07) is 11.7. The molecule has 0 bridgehead atoms. The summed E-state index contributed by atoms with van der Waals surface area (Å²) in [6.45, 7) is 8.59. The van der Waals surface area contributed by atoms with Crippen LogP contribution in [0.4, 0.5) is 5.13 Å². The lowest BCUT2D eigenvalue weighted by atomic mass is 10.2. The van der Waals surface area contributed by atoms with Crippen LogP contribution in [0.1, 0.15) is 45.7 Å². The highest BCUT2D eigenvalue weighted by molar-refractivity contribution is 7.17. The molecule has 3 aromatic rings. The molecule has 0 radical (unpaired) electrons. The molecule has 0 fully saturated rings. The molecule has 0 aliphatic heterocycles. The van der Waals surface area contributed by atoms with Gasteiger partial charge < -0.3 is 4.74 Å². The third-order valence-corrected chi connectivity index (χ3v) is 5.76. The van der Waals surface area contributed by atoms with Crippen molar-refractivity contribution in [1.29, 1.82) is 0 Å². The average molecular weight is 427 g/mol. The first-order valence-corrected chi connectivity index (χ1v) is 10.7. The third-order valence-electron chi connectivity index (χ3n) is 4.60. The fourth-order valence-corrected chi connectivity index (χ4v) is 4.13. The fraction of sp³-hybridized carbons (Fsp3) is 0.364. The molecule has 2 aromatic heterocycles. The highest BCUT2D eigenvalue weighted by atomic mass is 32.1. The van der Waals surface area contributed by atoms with Gasteiger partial charge in [-0.15, -0.1) is 0 Å². The highest BCUT2D eigenvalue weighted by Gasteiger charge is 2.24. The molecule has 0 saturated carbocycles. The average Bonchev–Trinajstić information content (AvgIpc) is 3.26. The van der Waals surface area contributed by atoms with Crippen molar-refractivity contribution >= 4 is 28.3 Å². The first-order chi connectivity index (χ1) is 14.4. The van der Waals surface area contributed by atoms with E-state index < -0.39 is 5.97 Å². The SMILES string of the molecule is CCOC(=O)c1sc(N(Cc2ccccc2)C(=O)CCn2nc(C)cc2C)nc1C. The number of ether oxygens (including phenoxy) is 1. The van der Waals surface area contributed by atoms with Gasteiger partial charge in [-0.1, -0.05) is 41.7 Å². The maximum absolute atomic E-state index is 13.2. The van der Waals surface area contributed by atoms with Gasteiger partial charge in [-0.05, 0) is 39.3 Å². The van der Waals surface area contributed by atoms with Crippen LogP contribution in [0.2, 0.25) is 0 Å². The van der Waals surface area contributed by atoms with E-state index in [4.69, 9.17) is 4.74 Å². The highest BCUT2D eigenvalue weighted by Crippen LogP contribution is 2.29. The summed E-state index contributed by atoms with van der Waals surface area (Å²) in [5.74, 6) is -0.482. The predicted molar refractivity (Wildman–Crippen MR) is 117 cm³/mol. The number of hydrogen-bond donors (Lipinski definition) is 0. The maximum Gasteiger partial charge on any atom is 0.350 e. The molecular weight excluding hydrogens is 400 g/mol. The summed E-state index contributed by atoms with van der Waals surface area (Å²) in [5.41, 5.74) is 3.50. The van der Waals surface area contributed by atoms with E-state index >= 15 is 0 Å². The first-order valence-electron chi connectivity index (χ1n) is 9.89. The molecule has 0 N–H and O–H groups in total. The summed E-state index contributed by atoms with van der Waals surface area (Å²) in [5, 5.41) is 4.93. The molecule has 1 amide bonds. The second-order valence-electron chi connectivity index (χ2n) is 7.00. The Morgan fingerprint density at radius 3 is 2.53 bits per heavy atom. The number of benzene rings is 1. The zero-order chi connectivity index (χ0) is 21.7. The van der Waals surface area contributed by atoms with Gasteiger partial charge in [0.15, 0.2) is 5.13 Å². The smallest absolute Gasteiger partial charge is 0.350 e. The first kappa shape index (κ1) is 21.7. The van der Waals surface area contributed by atoms with E-state index in [2.05, 4.69) is 10.1 Å². The number of anilines is 1. The quantitative estimate of drug-likeness (QED) is 0.508. The van der Waals surface area contributed by atoms with Crippen molar-refractivity contribution in [3.8, 4) is 0 Å². The van der Waals surface area contributed by atoms with Gasteiger partial charge in [0.05, 0.1) is 24.5 Å². The van der Waals surface area contributed by atoms with Crippen molar-refractivity contribution in [3.63, 3.8) is 0 Å². The molecule has 0 aliphatic rings. The topological polar surface area (TPSA) is 77.3 Å². The van der Waals surface area contributed by atoms with Gasteiger partial charge in [-0.25, -0.2) is 9.78 Å². The zero-order valence-corrected chi connectivity index (χ0v) is 18.5. The Bertz CT molecular complexity index is 1030. The number of thiazole rings is 1. The fourth-order valence-electron chi connectivity index (χ4n) is 3.15. The molecule has 158 valence electrons. The van der Waals surface area contributed by atoms with E-state index in [9.17, 15) is 9.59 Å². The number of hydrogen-bond acceptors (Lipinski definition) is 6. The standard InChI is InChI=1S/C22H26N4O3S/c1-5-29-21(28)20-17(4)23-22(30-20)25(14-18-9-7-6-8-10-18)19(27)11-12-26-16(3)13-15(2)24-26/h6-10,13H,5,11-12,14H2,1-4H3. The molecule has 0 saturated heterocycles. The van der Waals surface area contributed by atoms with Gasteiger partial charge in [-0.3, -0.25) is 14.4 Å². The van der Waals surface area contributed by atoms with Crippen molar-refractivity contribution in [2.24, 2.45) is 0 Å². The van der Waals surface area contributed by atoms with E-state index in [1.165, 1.54) is 11.3 Å². The van der Waals surface area contributed by atoms with Crippen LogP contribution < -0.4 is 4.90 Å². The minimum absolute atomic E-state index is 0.0736. The van der Waals surface area contributed by atoms with Crippen LogP contribution in [0.5, 0.6) is 0 Å². The normalized spacial score (nSPS) is 10.8. The molecule has 2 heterocycles. The second kappa shape index (κ2) is 9.67. The van der Waals surface area contributed by atoms with E-state index in [1.807, 2.05) is 54.9 Å². The van der Waals surface area contributed by atoms with Crippen LogP contribution in [0.15, 0.2) is 36.4 Å². The van der Waals surface area contributed by atoms with Crippen LogP contribution in [0, 0.1) is 20.8 Å². The third kappa shape index (κ3) is 5.13. The minimum Gasteiger partial charge on any atom is -0.462 e. The Balaban J connectivity index is 1.85. The summed E-state index contributed by atoms with van der Waals surface area (Å²) >= 11 is 1.19. The van der Waals surface area contributed by atoms with E-state index in [0.717, 1.165) is 17.0 Å². The number of aromatic nitrogens is 3. The number of nitrogens with zero attached hydrogens (tertiary/aromatic N) is 4. The molecular formula is C22H26N4O3S. The number of esters is 1. The van der Waals surface area contributed by atoms with Crippen LogP contribution in [-0.4, -0.2) is 33.2 Å². The van der Waals surface area contributed by atoms with E-state index in [0.29, 0.717) is 35.4 Å². The number of amides is 1. The molecule has 0 aliphatic carbocycles. The van der Waals surface area contributed by atoms with Gasteiger partial charge >= 0.3 is 5.97 Å². The predicted octanol–water partition coefficient (Wildman–Crippen LogP) is 4.07. The molecule has 8 heteroatoms. The van der Waals surface area contributed by atoms with Crippen molar-refractivity contribution < 1.29 is 14.3 Å². The second-order valence-corrected chi connectivity index (χ2v) is 7.97. The van der Waals surface area contributed by atoms with Crippen molar-refractivity contribution in [3.05, 3.63) is 63.9 Å². The summed E-state index contributed by atoms with van der Waals surface area (Å²) in [7, 11) is 0. The Morgan fingerprint density at radius 2 is 1.90 bits per heavy atom. The molecule has 30 heavy (non-hydrogen) atoms. The summed E-state index contributed by atoms with van der Waals surface area (Å²) in [4.78, 5) is 32.0. The zero-order valence-electron chi connectivity index (χ0n) is 17.7. The van der Waals surface area contributed by atoms with Crippen LogP contribution in [0.3, 0.4) is 0 Å². The number of carbonyl (C=O) groups excluding carboxylic acids is 2. The lowest BCUT2D eigenvalue weighted by Gasteiger charge is -2.20. The van der Waals surface area contributed by atoms with Gasteiger partial charge in [0.2, 0.25) is 5.91 Å². The number of rotatable bonds is 8. The van der Waals surface area contributed by atoms with E-state index in [1.54, 1.807) is 18.7 Å². The largest absolute Gasteiger partial charge is 0.462 e. The number of carbonyl (C=O) groups is 2. The lowest BCUT2D eigenvalue weighted by molar-refractivity contribution is -0.119. The molecule has 3 rings (SSSR count). The van der Waals surface area contributed by atoms with Crippen molar-refractivity contribution in [1.82, 2.24) is 14.8 Å². The molecule has 7 nitrogen and oxygen atoms in total. The maximum atomic E-state index is 13.2. The van der Waals surface area contributed by atoms with Gasteiger partial charge in [0.25, 0.3) is 0 Å². The van der Waals surface area contributed by atoms with Crippen molar-refractivity contribution in [2.45, 2.75) is 47.2 Å². The molecule has 1 aromatic carbocycles. The van der Waals surface area contributed by atoms with Crippen LogP contribution in [0.25, 0.3) is 0 Å². The Hall–Kier alpha value is -3.00. The Morgan fingerprint density at radius 1 is 1.17 bits per heavy atom. The van der Waals surface area contributed by atoms with Crippen LogP contribution in [-0.2, 0) is 22.6 Å². The van der Waals surface area contributed by atoms with Crippen molar-refractivity contribution in [2.75, 3.05) is 11.5 Å². The summed E-state index contributed by atoms with van der Waals surface area (Å²) in [6.07, 6.45) is 0.280. The molecule has 0 unspecified atom stereocenters. The lowest BCUT2D eigenvalue weighted by Crippen LogP contribution is -2.31. The van der Waals surface area contributed by atoms with Gasteiger partial charge in [-0.2, -0.15) is 5.10 Å². The molecule has 0 atom stereocenters. The van der Waals surface area contributed by atoms with Gasteiger partial charge in [0, 0.05) is 18.7 Å². The van der Waals surface area contributed by atoms with E-state index in [-0.39, 0.29) is 12.3 Å². The monoisotopic (exact) mass is 426 g/mol. The Labute approximate surface area is 180 Å². The minimum atomic E-state index is -0.409. The van der Waals surface area contributed by atoms with Gasteiger partial charge in [0.1, 0.15) is 4.88 Å². The van der Waals surface area contributed by atoms with Crippen LogP contribution >= 0.6 is 11.3 Å². The Kier molecular flexibility index (Phi) is 6.99. The summed E-state index contributed by atoms with van der Waals surface area (Å²) < 4.78 is 6.96. The number of aryl methyl sites for hydroxylation is 4.